The number of amides is 2. The van der Waals surface area contributed by atoms with Crippen LogP contribution in [0.3, 0.4) is 0 Å². The van der Waals surface area contributed by atoms with E-state index in [0.29, 0.717) is 26.1 Å². The lowest BCUT2D eigenvalue weighted by Crippen LogP contribution is -2.40. The van der Waals surface area contributed by atoms with Gasteiger partial charge >= 0.3 is 0 Å². The summed E-state index contributed by atoms with van der Waals surface area (Å²) in [6.45, 7) is 1.79. The number of aromatic nitrogens is 2. The van der Waals surface area contributed by atoms with Crippen LogP contribution in [0.5, 0.6) is 5.75 Å². The van der Waals surface area contributed by atoms with Gasteiger partial charge in [-0.25, -0.2) is 4.68 Å². The monoisotopic (exact) mass is 382 g/mol. The van der Waals surface area contributed by atoms with E-state index in [1.165, 1.54) is 0 Å². The molecule has 0 bridgehead atoms. The molecule has 1 aliphatic carbocycles. The number of nitrogens with one attached hydrogen (secondary N) is 1. The highest BCUT2D eigenvalue weighted by atomic mass is 16.5. The van der Waals surface area contributed by atoms with Crippen LogP contribution in [0.1, 0.15) is 38.1 Å². The summed E-state index contributed by atoms with van der Waals surface area (Å²) in [7, 11) is 0. The Morgan fingerprint density at radius 3 is 2.54 bits per heavy atom. The van der Waals surface area contributed by atoms with Crippen LogP contribution in [-0.4, -0.2) is 46.2 Å². The van der Waals surface area contributed by atoms with Crippen molar-refractivity contribution in [2.45, 2.75) is 38.1 Å². The predicted molar refractivity (Wildman–Crippen MR) is 105 cm³/mol. The molecule has 1 N–H and O–H groups in total. The number of carbonyl (C=O) groups excluding carboxylic acids is 2. The summed E-state index contributed by atoms with van der Waals surface area (Å²) in [5.74, 6) is 1.93. The molecule has 1 aromatic carbocycles. The lowest BCUT2D eigenvalue weighted by Gasteiger charge is -2.32. The van der Waals surface area contributed by atoms with Gasteiger partial charge in [-0.3, -0.25) is 9.59 Å². The van der Waals surface area contributed by atoms with Crippen molar-refractivity contribution in [1.29, 1.82) is 0 Å². The molecule has 148 valence electrons. The third-order valence-corrected chi connectivity index (χ3v) is 5.36. The summed E-state index contributed by atoms with van der Waals surface area (Å²) in [5.41, 5.74) is 0. The molecule has 7 heteroatoms. The smallest absolute Gasteiger partial charge is 0.228 e. The maximum atomic E-state index is 12.4. The standard InChI is InChI=1S/C21H26N4O3/c26-20(11-15-28-18-4-2-1-3-5-18)24-13-9-17(10-14-24)25-19(8-12-22-25)23-21(27)16-6-7-16/h1-5,8,12,16-17H,6-7,9-11,13-15H2,(H,23,27). The van der Waals surface area contributed by atoms with Gasteiger partial charge in [-0.15, -0.1) is 0 Å². The van der Waals surface area contributed by atoms with Gasteiger partial charge in [0.25, 0.3) is 0 Å². The summed E-state index contributed by atoms with van der Waals surface area (Å²) in [6, 6.07) is 11.6. The Bertz CT molecular complexity index is 808. The Kier molecular flexibility index (Phi) is 5.60. The maximum Gasteiger partial charge on any atom is 0.228 e. The lowest BCUT2D eigenvalue weighted by atomic mass is 10.0. The first-order chi connectivity index (χ1) is 13.7. The van der Waals surface area contributed by atoms with Crippen molar-refractivity contribution in [2.24, 2.45) is 5.92 Å². The number of piperidine rings is 1. The number of para-hydroxylation sites is 1. The normalized spacial score (nSPS) is 17.4. The van der Waals surface area contributed by atoms with Crippen LogP contribution in [0.25, 0.3) is 0 Å². The zero-order chi connectivity index (χ0) is 19.3. The largest absolute Gasteiger partial charge is 0.493 e. The van der Waals surface area contributed by atoms with E-state index in [2.05, 4.69) is 10.4 Å². The second kappa shape index (κ2) is 8.46. The zero-order valence-electron chi connectivity index (χ0n) is 15.9. The van der Waals surface area contributed by atoms with Crippen LogP contribution in [-0.2, 0) is 9.59 Å². The molecule has 0 unspecified atom stereocenters. The fraction of sp³-hybridized carbons (Fsp3) is 0.476. The van der Waals surface area contributed by atoms with Crippen molar-refractivity contribution in [3.63, 3.8) is 0 Å². The van der Waals surface area contributed by atoms with Crippen molar-refractivity contribution in [2.75, 3.05) is 25.0 Å². The number of nitrogens with zero attached hydrogens (tertiary/aromatic N) is 3. The molecule has 1 saturated carbocycles. The highest BCUT2D eigenvalue weighted by molar-refractivity contribution is 5.93. The molecule has 0 atom stereocenters. The van der Waals surface area contributed by atoms with E-state index in [-0.39, 0.29) is 23.8 Å². The predicted octanol–water partition coefficient (Wildman–Crippen LogP) is 2.86. The molecule has 1 aliphatic heterocycles. The second-order valence-electron chi connectivity index (χ2n) is 7.45. The van der Waals surface area contributed by atoms with Gasteiger partial charge in [0.05, 0.1) is 25.3 Å². The number of hydrogen-bond acceptors (Lipinski definition) is 4. The lowest BCUT2D eigenvalue weighted by molar-refractivity contribution is -0.133. The Balaban J connectivity index is 1.24. The summed E-state index contributed by atoms with van der Waals surface area (Å²) >= 11 is 0. The number of ether oxygens (including phenoxy) is 1. The summed E-state index contributed by atoms with van der Waals surface area (Å²) in [4.78, 5) is 26.4. The van der Waals surface area contributed by atoms with Gasteiger partial charge in [0.2, 0.25) is 11.8 Å². The van der Waals surface area contributed by atoms with Crippen molar-refractivity contribution >= 4 is 17.6 Å². The third kappa shape index (κ3) is 4.52. The minimum absolute atomic E-state index is 0.0905. The topological polar surface area (TPSA) is 76.5 Å². The zero-order valence-corrected chi connectivity index (χ0v) is 15.9. The Morgan fingerprint density at radius 2 is 1.82 bits per heavy atom. The van der Waals surface area contributed by atoms with Gasteiger partial charge in [0.1, 0.15) is 11.6 Å². The highest BCUT2D eigenvalue weighted by Gasteiger charge is 2.31. The minimum Gasteiger partial charge on any atom is -0.493 e. The van der Waals surface area contributed by atoms with E-state index in [0.717, 1.165) is 37.3 Å². The molecule has 2 heterocycles. The number of benzene rings is 1. The summed E-state index contributed by atoms with van der Waals surface area (Å²) in [6.07, 6.45) is 5.73. The number of hydrogen-bond donors (Lipinski definition) is 1. The Labute approximate surface area is 164 Å². The fourth-order valence-corrected chi connectivity index (χ4v) is 3.57. The average Bonchev–Trinajstić information content (AvgIpc) is 3.49. The molecule has 0 radical (unpaired) electrons. The number of anilines is 1. The minimum atomic E-state index is 0.0905. The number of carbonyl (C=O) groups is 2. The van der Waals surface area contributed by atoms with Crippen molar-refractivity contribution in [3.05, 3.63) is 42.6 Å². The van der Waals surface area contributed by atoms with Gasteiger partial charge in [-0.05, 0) is 37.8 Å². The van der Waals surface area contributed by atoms with Gasteiger partial charge in [-0.1, -0.05) is 18.2 Å². The molecule has 2 aliphatic rings. The first kappa shape index (κ1) is 18.5. The summed E-state index contributed by atoms with van der Waals surface area (Å²) < 4.78 is 7.53. The maximum absolute atomic E-state index is 12.4. The van der Waals surface area contributed by atoms with E-state index in [1.807, 2.05) is 46.0 Å². The van der Waals surface area contributed by atoms with Gasteiger partial charge in [0, 0.05) is 25.1 Å². The Hall–Kier alpha value is -2.83. The van der Waals surface area contributed by atoms with Crippen LogP contribution in [0, 0.1) is 5.92 Å². The van der Waals surface area contributed by atoms with E-state index < -0.39 is 0 Å². The second-order valence-corrected chi connectivity index (χ2v) is 7.45. The van der Waals surface area contributed by atoms with E-state index in [9.17, 15) is 9.59 Å². The molecule has 2 aromatic rings. The van der Waals surface area contributed by atoms with Crippen LogP contribution in [0.2, 0.25) is 0 Å². The number of likely N-dealkylation sites (tertiary alicyclic amines) is 1. The average molecular weight is 382 g/mol. The Morgan fingerprint density at radius 1 is 1.07 bits per heavy atom. The third-order valence-electron chi connectivity index (χ3n) is 5.36. The van der Waals surface area contributed by atoms with Crippen molar-refractivity contribution < 1.29 is 14.3 Å². The first-order valence-electron chi connectivity index (χ1n) is 10.0. The molecule has 4 rings (SSSR count). The molecule has 7 nitrogen and oxygen atoms in total. The van der Waals surface area contributed by atoms with Crippen LogP contribution >= 0.6 is 0 Å². The molecule has 2 amide bonds. The molecule has 1 saturated heterocycles. The van der Waals surface area contributed by atoms with Crippen LogP contribution in [0.4, 0.5) is 5.82 Å². The van der Waals surface area contributed by atoms with E-state index in [1.54, 1.807) is 6.20 Å². The highest BCUT2D eigenvalue weighted by Crippen LogP contribution is 2.31. The van der Waals surface area contributed by atoms with Gasteiger partial charge in [-0.2, -0.15) is 5.10 Å². The molecular formula is C21H26N4O3. The first-order valence-corrected chi connectivity index (χ1v) is 10.0. The van der Waals surface area contributed by atoms with Crippen molar-refractivity contribution in [3.8, 4) is 5.75 Å². The quantitative estimate of drug-likeness (QED) is 0.799. The molecule has 28 heavy (non-hydrogen) atoms. The molecule has 1 aromatic heterocycles. The van der Waals surface area contributed by atoms with E-state index >= 15 is 0 Å². The molecular weight excluding hydrogens is 356 g/mol. The van der Waals surface area contributed by atoms with Crippen molar-refractivity contribution in [1.82, 2.24) is 14.7 Å². The molecule has 2 fully saturated rings. The number of rotatable bonds is 7. The van der Waals surface area contributed by atoms with Gasteiger partial charge < -0.3 is 15.0 Å². The molecule has 0 spiro atoms. The SMILES string of the molecule is O=C(Nc1ccnn1C1CCN(C(=O)CCOc2ccccc2)CC1)C1CC1. The van der Waals surface area contributed by atoms with Gasteiger partial charge in [0.15, 0.2) is 0 Å². The van der Waals surface area contributed by atoms with Crippen LogP contribution in [0.15, 0.2) is 42.6 Å². The fourth-order valence-electron chi connectivity index (χ4n) is 3.57. The van der Waals surface area contributed by atoms with E-state index in [4.69, 9.17) is 4.74 Å². The summed E-state index contributed by atoms with van der Waals surface area (Å²) in [5, 5.41) is 7.40. The van der Waals surface area contributed by atoms with Crippen LogP contribution < -0.4 is 10.1 Å².